The topological polar surface area (TPSA) is 70.2 Å². The number of aromatic nitrogens is 1. The standard InChI is InChI=1S/C10H16N2O3S2/c1-7-9(16-10(13)11-7)17(14,15)12(2)8-5-3-4-6-8/h8H,3-6H2,1-2H3,(H,11,13). The molecule has 1 aromatic heterocycles. The summed E-state index contributed by atoms with van der Waals surface area (Å²) in [5.41, 5.74) is 0.435. The van der Waals surface area contributed by atoms with Crippen molar-refractivity contribution >= 4 is 21.4 Å². The number of nitrogens with one attached hydrogen (secondary N) is 1. The summed E-state index contributed by atoms with van der Waals surface area (Å²) < 4.78 is 26.2. The van der Waals surface area contributed by atoms with Crippen molar-refractivity contribution in [2.24, 2.45) is 0 Å². The van der Waals surface area contributed by atoms with Crippen LogP contribution in [-0.4, -0.2) is 30.8 Å². The minimum absolute atomic E-state index is 0.0802. The first-order valence-corrected chi connectivity index (χ1v) is 7.86. The van der Waals surface area contributed by atoms with Crippen LogP contribution in [0.2, 0.25) is 0 Å². The molecule has 1 aliphatic rings. The molecule has 7 heteroatoms. The number of rotatable bonds is 3. The van der Waals surface area contributed by atoms with Crippen LogP contribution in [0.3, 0.4) is 0 Å². The normalized spacial score (nSPS) is 18.1. The molecule has 0 spiro atoms. The number of sulfonamides is 1. The van der Waals surface area contributed by atoms with Gasteiger partial charge in [0.25, 0.3) is 10.0 Å². The van der Waals surface area contributed by atoms with Gasteiger partial charge < -0.3 is 4.98 Å². The minimum atomic E-state index is -3.51. The van der Waals surface area contributed by atoms with E-state index >= 15 is 0 Å². The van der Waals surface area contributed by atoms with E-state index in [1.807, 2.05) is 0 Å². The molecule has 17 heavy (non-hydrogen) atoms. The van der Waals surface area contributed by atoms with Gasteiger partial charge in [-0.2, -0.15) is 4.31 Å². The number of nitrogens with zero attached hydrogens (tertiary/aromatic N) is 1. The second kappa shape index (κ2) is 4.55. The molecular weight excluding hydrogens is 260 g/mol. The Kier molecular flexibility index (Phi) is 3.42. The Morgan fingerprint density at radius 1 is 1.35 bits per heavy atom. The van der Waals surface area contributed by atoms with Crippen molar-refractivity contribution < 1.29 is 8.42 Å². The second-order valence-corrected chi connectivity index (χ2v) is 7.56. The summed E-state index contributed by atoms with van der Waals surface area (Å²) >= 11 is 0.768. The number of hydrogen-bond acceptors (Lipinski definition) is 4. The number of thiazole rings is 1. The Bertz CT molecular complexity index is 552. The highest BCUT2D eigenvalue weighted by atomic mass is 32.2. The van der Waals surface area contributed by atoms with Gasteiger partial charge in [0.2, 0.25) is 0 Å². The molecule has 0 amide bonds. The fourth-order valence-electron chi connectivity index (χ4n) is 2.23. The smallest absolute Gasteiger partial charge is 0.305 e. The molecule has 96 valence electrons. The van der Waals surface area contributed by atoms with Crippen molar-refractivity contribution in [3.05, 3.63) is 15.4 Å². The zero-order chi connectivity index (χ0) is 12.6. The summed E-state index contributed by atoms with van der Waals surface area (Å²) in [6.07, 6.45) is 3.97. The summed E-state index contributed by atoms with van der Waals surface area (Å²) in [6, 6.07) is 0.0802. The third kappa shape index (κ3) is 2.31. The predicted octanol–water partition coefficient (Wildman–Crippen LogP) is 1.31. The maximum absolute atomic E-state index is 12.3. The van der Waals surface area contributed by atoms with E-state index in [2.05, 4.69) is 4.98 Å². The van der Waals surface area contributed by atoms with Crippen LogP contribution < -0.4 is 4.87 Å². The maximum atomic E-state index is 12.3. The molecule has 5 nitrogen and oxygen atoms in total. The van der Waals surface area contributed by atoms with Gasteiger partial charge >= 0.3 is 4.87 Å². The van der Waals surface area contributed by atoms with Crippen LogP contribution in [-0.2, 0) is 10.0 Å². The molecule has 1 fully saturated rings. The second-order valence-electron chi connectivity index (χ2n) is 4.39. The first-order valence-electron chi connectivity index (χ1n) is 5.60. The van der Waals surface area contributed by atoms with Crippen LogP contribution >= 0.6 is 11.3 Å². The highest BCUT2D eigenvalue weighted by molar-refractivity contribution is 7.91. The quantitative estimate of drug-likeness (QED) is 0.905. The number of hydrogen-bond donors (Lipinski definition) is 1. The molecule has 0 atom stereocenters. The van der Waals surface area contributed by atoms with E-state index < -0.39 is 10.0 Å². The molecule has 0 radical (unpaired) electrons. The van der Waals surface area contributed by atoms with Crippen molar-refractivity contribution in [3.8, 4) is 0 Å². The van der Waals surface area contributed by atoms with Crippen molar-refractivity contribution in [1.82, 2.24) is 9.29 Å². The SMILES string of the molecule is Cc1[nH]c(=O)sc1S(=O)(=O)N(C)C1CCCC1. The van der Waals surface area contributed by atoms with Crippen molar-refractivity contribution in [2.75, 3.05) is 7.05 Å². The largest absolute Gasteiger partial charge is 0.315 e. The van der Waals surface area contributed by atoms with Crippen LogP contribution in [0.4, 0.5) is 0 Å². The monoisotopic (exact) mass is 276 g/mol. The Morgan fingerprint density at radius 2 is 1.94 bits per heavy atom. The molecule has 0 bridgehead atoms. The highest BCUT2D eigenvalue weighted by Gasteiger charge is 2.32. The zero-order valence-electron chi connectivity index (χ0n) is 9.89. The molecule has 1 aliphatic carbocycles. The van der Waals surface area contributed by atoms with Gasteiger partial charge in [0.15, 0.2) is 4.21 Å². The van der Waals surface area contributed by atoms with Crippen molar-refractivity contribution in [2.45, 2.75) is 42.9 Å². The molecule has 0 saturated heterocycles. The molecule has 1 aromatic rings. The van der Waals surface area contributed by atoms with Gasteiger partial charge in [0, 0.05) is 18.8 Å². The average molecular weight is 276 g/mol. The lowest BCUT2D eigenvalue weighted by Gasteiger charge is -2.22. The van der Waals surface area contributed by atoms with Crippen LogP contribution in [0.1, 0.15) is 31.4 Å². The molecule has 0 unspecified atom stereocenters. The van der Waals surface area contributed by atoms with Crippen LogP contribution in [0.15, 0.2) is 9.00 Å². The van der Waals surface area contributed by atoms with Crippen LogP contribution in [0, 0.1) is 6.92 Å². The molecule has 1 heterocycles. The van der Waals surface area contributed by atoms with Crippen molar-refractivity contribution in [3.63, 3.8) is 0 Å². The summed E-state index contributed by atoms with van der Waals surface area (Å²) in [4.78, 5) is 13.4. The Balaban J connectivity index is 2.35. The summed E-state index contributed by atoms with van der Waals surface area (Å²) in [6.45, 7) is 1.62. The Hall–Kier alpha value is -0.660. The van der Waals surface area contributed by atoms with Gasteiger partial charge in [-0.05, 0) is 19.8 Å². The number of aryl methyl sites for hydroxylation is 1. The minimum Gasteiger partial charge on any atom is -0.315 e. The lowest BCUT2D eigenvalue weighted by Crippen LogP contribution is -2.35. The average Bonchev–Trinajstić information content (AvgIpc) is 2.86. The number of aromatic amines is 1. The van der Waals surface area contributed by atoms with Crippen LogP contribution in [0.5, 0.6) is 0 Å². The third-order valence-corrected chi connectivity index (χ3v) is 6.73. The van der Waals surface area contributed by atoms with Gasteiger partial charge in [-0.3, -0.25) is 4.79 Å². The summed E-state index contributed by atoms with van der Waals surface area (Å²) in [5.74, 6) is 0. The van der Waals surface area contributed by atoms with E-state index in [9.17, 15) is 13.2 Å². The van der Waals surface area contributed by atoms with Gasteiger partial charge in [0.05, 0.1) is 0 Å². The molecule has 1 N–H and O–H groups in total. The van der Waals surface area contributed by atoms with E-state index in [1.54, 1.807) is 14.0 Å². The molecule has 0 aromatic carbocycles. The Morgan fingerprint density at radius 3 is 2.41 bits per heavy atom. The molecule has 0 aliphatic heterocycles. The lowest BCUT2D eigenvalue weighted by atomic mass is 10.3. The van der Waals surface area contributed by atoms with Gasteiger partial charge in [-0.25, -0.2) is 8.42 Å². The lowest BCUT2D eigenvalue weighted by molar-refractivity contribution is 0.373. The molecule has 1 saturated carbocycles. The van der Waals surface area contributed by atoms with Gasteiger partial charge in [-0.15, -0.1) is 0 Å². The van der Waals surface area contributed by atoms with E-state index in [-0.39, 0.29) is 15.1 Å². The van der Waals surface area contributed by atoms with E-state index in [4.69, 9.17) is 0 Å². The molecule has 2 rings (SSSR count). The van der Waals surface area contributed by atoms with E-state index in [0.29, 0.717) is 5.69 Å². The van der Waals surface area contributed by atoms with Crippen molar-refractivity contribution in [1.29, 1.82) is 0 Å². The van der Waals surface area contributed by atoms with E-state index in [1.165, 1.54) is 4.31 Å². The predicted molar refractivity (Wildman–Crippen MR) is 66.9 cm³/mol. The maximum Gasteiger partial charge on any atom is 0.305 e. The van der Waals surface area contributed by atoms with E-state index in [0.717, 1.165) is 37.0 Å². The fourth-order valence-corrected chi connectivity index (χ4v) is 5.11. The fraction of sp³-hybridized carbons (Fsp3) is 0.700. The zero-order valence-corrected chi connectivity index (χ0v) is 11.5. The summed E-state index contributed by atoms with van der Waals surface area (Å²) in [7, 11) is -1.91. The summed E-state index contributed by atoms with van der Waals surface area (Å²) in [5, 5.41) is 0. The first-order chi connectivity index (χ1) is 7.93. The first kappa shape index (κ1) is 12.8. The third-order valence-electron chi connectivity index (χ3n) is 3.23. The van der Waals surface area contributed by atoms with Gasteiger partial charge in [-0.1, -0.05) is 24.2 Å². The van der Waals surface area contributed by atoms with Gasteiger partial charge in [0.1, 0.15) is 0 Å². The molecular formula is C10H16N2O3S2. The van der Waals surface area contributed by atoms with Crippen LogP contribution in [0.25, 0.3) is 0 Å². The number of H-pyrrole nitrogens is 1. The Labute approximate surface area is 105 Å². The highest BCUT2D eigenvalue weighted by Crippen LogP contribution is 2.28.